The highest BCUT2D eigenvalue weighted by Crippen LogP contribution is 2.27. The molecule has 1 heterocycles. The number of phenolic OH excluding ortho intramolecular Hbond substituents is 2. The first kappa shape index (κ1) is 13.4. The molecule has 2 rings (SSSR count). The summed E-state index contributed by atoms with van der Waals surface area (Å²) in [5.74, 6) is 0.368. The normalized spacial score (nSPS) is 12.5. The summed E-state index contributed by atoms with van der Waals surface area (Å²) in [4.78, 5) is 3.99. The van der Waals surface area contributed by atoms with Gasteiger partial charge in [0.2, 0.25) is 0 Å². The zero-order valence-corrected chi connectivity index (χ0v) is 11.0. The minimum absolute atomic E-state index is 0.00473. The molecule has 5 nitrogen and oxygen atoms in total. The third-order valence-corrected chi connectivity index (χ3v) is 3.08. The van der Waals surface area contributed by atoms with Gasteiger partial charge in [0, 0.05) is 30.5 Å². The van der Waals surface area contributed by atoms with Gasteiger partial charge in [0.05, 0.1) is 6.33 Å². The van der Waals surface area contributed by atoms with Crippen LogP contribution in [-0.2, 0) is 6.54 Å². The van der Waals surface area contributed by atoms with Crippen LogP contribution in [0, 0.1) is 0 Å². The van der Waals surface area contributed by atoms with Gasteiger partial charge in [-0.3, -0.25) is 0 Å². The number of aromatic hydroxyl groups is 2. The fourth-order valence-electron chi connectivity index (χ4n) is 2.00. The third kappa shape index (κ3) is 3.72. The Bertz CT molecular complexity index is 511. The Morgan fingerprint density at radius 2 is 2.21 bits per heavy atom. The maximum absolute atomic E-state index is 9.75. The zero-order valence-electron chi connectivity index (χ0n) is 11.0. The van der Waals surface area contributed by atoms with Gasteiger partial charge in [0.25, 0.3) is 0 Å². The molecule has 1 unspecified atom stereocenters. The maximum Gasteiger partial charge on any atom is 0.120 e. The van der Waals surface area contributed by atoms with Crippen LogP contribution >= 0.6 is 0 Å². The molecule has 1 aromatic carbocycles. The molecule has 1 atom stereocenters. The van der Waals surface area contributed by atoms with Crippen LogP contribution in [0.15, 0.2) is 36.9 Å². The van der Waals surface area contributed by atoms with E-state index in [0.717, 1.165) is 19.5 Å². The zero-order chi connectivity index (χ0) is 13.7. The lowest BCUT2D eigenvalue weighted by Gasteiger charge is -2.16. The topological polar surface area (TPSA) is 70.3 Å². The van der Waals surface area contributed by atoms with Crippen LogP contribution in [0.5, 0.6) is 11.5 Å². The summed E-state index contributed by atoms with van der Waals surface area (Å²) >= 11 is 0. The lowest BCUT2D eigenvalue weighted by molar-refractivity contribution is 0.438. The van der Waals surface area contributed by atoms with Crippen LogP contribution in [0.1, 0.15) is 24.9 Å². The molecule has 3 N–H and O–H groups in total. The predicted octanol–water partition coefficient (Wildman–Crippen LogP) is 2.04. The first-order valence-corrected chi connectivity index (χ1v) is 6.38. The Balaban J connectivity index is 1.80. The van der Waals surface area contributed by atoms with Gasteiger partial charge < -0.3 is 20.1 Å². The van der Waals surface area contributed by atoms with Crippen molar-refractivity contribution in [2.45, 2.75) is 25.9 Å². The lowest BCUT2D eigenvalue weighted by atomic mass is 10.1. The summed E-state index contributed by atoms with van der Waals surface area (Å²) in [6.45, 7) is 3.70. The van der Waals surface area contributed by atoms with E-state index in [-0.39, 0.29) is 17.5 Å². The number of nitrogens with one attached hydrogen (secondary N) is 1. The smallest absolute Gasteiger partial charge is 0.120 e. The van der Waals surface area contributed by atoms with Crippen molar-refractivity contribution < 1.29 is 10.2 Å². The molecule has 0 amide bonds. The summed E-state index contributed by atoms with van der Waals surface area (Å²) in [6, 6.07) is 4.57. The second kappa shape index (κ2) is 6.24. The average molecular weight is 261 g/mol. The van der Waals surface area contributed by atoms with Gasteiger partial charge in [-0.1, -0.05) is 0 Å². The molecule has 0 aliphatic heterocycles. The van der Waals surface area contributed by atoms with Gasteiger partial charge >= 0.3 is 0 Å². The molecule has 0 bridgehead atoms. The van der Waals surface area contributed by atoms with E-state index in [0.29, 0.717) is 5.56 Å². The number of rotatable bonds is 6. The van der Waals surface area contributed by atoms with Crippen LogP contribution in [0.4, 0.5) is 0 Å². The van der Waals surface area contributed by atoms with Crippen LogP contribution in [0.3, 0.4) is 0 Å². The fourth-order valence-corrected chi connectivity index (χ4v) is 2.00. The number of nitrogens with zero attached hydrogens (tertiary/aromatic N) is 2. The van der Waals surface area contributed by atoms with Gasteiger partial charge in [0.1, 0.15) is 11.5 Å². The van der Waals surface area contributed by atoms with Crippen LogP contribution in [0.25, 0.3) is 0 Å². The molecular formula is C14H19N3O2. The average Bonchev–Trinajstić information content (AvgIpc) is 2.90. The second-order valence-electron chi connectivity index (χ2n) is 4.57. The Hall–Kier alpha value is -2.01. The quantitative estimate of drug-likeness (QED) is 0.549. The molecule has 102 valence electrons. The first-order chi connectivity index (χ1) is 9.16. The Morgan fingerprint density at radius 3 is 2.95 bits per heavy atom. The molecule has 2 aromatic rings. The molecule has 5 heteroatoms. The minimum Gasteiger partial charge on any atom is -0.508 e. The van der Waals surface area contributed by atoms with Crippen molar-refractivity contribution in [3.8, 4) is 11.5 Å². The number of benzene rings is 1. The van der Waals surface area contributed by atoms with Crippen molar-refractivity contribution in [1.82, 2.24) is 14.9 Å². The molecule has 0 radical (unpaired) electrons. The number of phenols is 2. The summed E-state index contributed by atoms with van der Waals surface area (Å²) in [7, 11) is 0. The molecule has 19 heavy (non-hydrogen) atoms. The molecular weight excluding hydrogens is 242 g/mol. The standard InChI is InChI=1S/C14H19N3O2/c1-11(13-9-12(18)3-4-14(13)19)16-5-2-7-17-8-6-15-10-17/h3-4,6,8-11,16,18-19H,2,5,7H2,1H3. The van der Waals surface area contributed by atoms with Crippen LogP contribution in [-0.4, -0.2) is 26.3 Å². The summed E-state index contributed by atoms with van der Waals surface area (Å²) in [5, 5.41) is 22.5. The van der Waals surface area contributed by atoms with Crippen molar-refractivity contribution in [3.05, 3.63) is 42.5 Å². The Kier molecular flexibility index (Phi) is 4.41. The van der Waals surface area contributed by atoms with Gasteiger partial charge in [-0.05, 0) is 38.1 Å². The molecule has 1 aromatic heterocycles. The minimum atomic E-state index is -0.00473. The van der Waals surface area contributed by atoms with Crippen molar-refractivity contribution in [2.24, 2.45) is 0 Å². The molecule has 0 aliphatic carbocycles. The highest BCUT2D eigenvalue weighted by Gasteiger charge is 2.10. The number of hydrogen-bond donors (Lipinski definition) is 3. The third-order valence-electron chi connectivity index (χ3n) is 3.08. The van der Waals surface area contributed by atoms with E-state index in [9.17, 15) is 10.2 Å². The van der Waals surface area contributed by atoms with Gasteiger partial charge in [-0.25, -0.2) is 4.98 Å². The Morgan fingerprint density at radius 1 is 1.37 bits per heavy atom. The van der Waals surface area contributed by atoms with Crippen LogP contribution in [0.2, 0.25) is 0 Å². The summed E-state index contributed by atoms with van der Waals surface area (Å²) < 4.78 is 2.03. The van der Waals surface area contributed by atoms with E-state index in [4.69, 9.17) is 0 Å². The molecule has 0 saturated heterocycles. The number of aromatic nitrogens is 2. The monoisotopic (exact) mass is 261 g/mol. The maximum atomic E-state index is 9.75. The fraction of sp³-hybridized carbons (Fsp3) is 0.357. The van der Waals surface area contributed by atoms with E-state index < -0.39 is 0 Å². The number of hydrogen-bond acceptors (Lipinski definition) is 4. The highest BCUT2D eigenvalue weighted by molar-refractivity contribution is 5.40. The van der Waals surface area contributed by atoms with Gasteiger partial charge in [-0.2, -0.15) is 0 Å². The summed E-state index contributed by atoms with van der Waals surface area (Å²) in [5.41, 5.74) is 0.711. The van der Waals surface area contributed by atoms with Crippen molar-refractivity contribution in [3.63, 3.8) is 0 Å². The SMILES string of the molecule is CC(NCCCn1ccnc1)c1cc(O)ccc1O. The van der Waals surface area contributed by atoms with Crippen LogP contribution < -0.4 is 5.32 Å². The van der Waals surface area contributed by atoms with Crippen molar-refractivity contribution in [1.29, 1.82) is 0 Å². The van der Waals surface area contributed by atoms with E-state index in [2.05, 4.69) is 10.3 Å². The molecule has 0 saturated carbocycles. The van der Waals surface area contributed by atoms with E-state index in [1.807, 2.05) is 17.7 Å². The predicted molar refractivity (Wildman–Crippen MR) is 73.0 cm³/mol. The summed E-state index contributed by atoms with van der Waals surface area (Å²) in [6.07, 6.45) is 6.47. The van der Waals surface area contributed by atoms with E-state index in [1.54, 1.807) is 18.6 Å². The number of aryl methyl sites for hydroxylation is 1. The molecule has 0 fully saturated rings. The van der Waals surface area contributed by atoms with E-state index in [1.165, 1.54) is 12.1 Å². The second-order valence-corrected chi connectivity index (χ2v) is 4.57. The Labute approximate surface area is 112 Å². The molecule has 0 aliphatic rings. The van der Waals surface area contributed by atoms with Gasteiger partial charge in [-0.15, -0.1) is 0 Å². The number of imidazole rings is 1. The molecule has 0 spiro atoms. The first-order valence-electron chi connectivity index (χ1n) is 6.38. The van der Waals surface area contributed by atoms with Gasteiger partial charge in [0.15, 0.2) is 0 Å². The van der Waals surface area contributed by atoms with Crippen molar-refractivity contribution in [2.75, 3.05) is 6.54 Å². The highest BCUT2D eigenvalue weighted by atomic mass is 16.3. The largest absolute Gasteiger partial charge is 0.508 e. The lowest BCUT2D eigenvalue weighted by Crippen LogP contribution is -2.21. The van der Waals surface area contributed by atoms with E-state index >= 15 is 0 Å². The van der Waals surface area contributed by atoms with Crippen molar-refractivity contribution >= 4 is 0 Å².